The molecule has 1 aliphatic heterocycles. The van der Waals surface area contributed by atoms with Gasteiger partial charge in [-0.2, -0.15) is 13.2 Å². The van der Waals surface area contributed by atoms with E-state index in [0.29, 0.717) is 17.3 Å². The number of halogens is 4. The molecule has 1 N–H and O–H groups in total. The molecule has 1 aromatic carbocycles. The minimum absolute atomic E-state index is 0.0834. The molecule has 3 atom stereocenters. The van der Waals surface area contributed by atoms with Gasteiger partial charge in [0.05, 0.1) is 4.47 Å². The molecule has 3 nitrogen and oxygen atoms in total. The predicted molar refractivity (Wildman–Crippen MR) is 82.2 cm³/mol. The molecule has 23 heavy (non-hydrogen) atoms. The predicted octanol–water partition coefficient (Wildman–Crippen LogP) is 3.77. The van der Waals surface area contributed by atoms with Gasteiger partial charge in [0.25, 0.3) is 0 Å². The zero-order valence-electron chi connectivity index (χ0n) is 12.7. The summed E-state index contributed by atoms with van der Waals surface area (Å²) in [5.74, 6) is -1.74. The largest absolute Gasteiger partial charge is 0.507 e. The number of benzene rings is 1. The van der Waals surface area contributed by atoms with Gasteiger partial charge in [-0.05, 0) is 63.4 Å². The van der Waals surface area contributed by atoms with Gasteiger partial charge in [-0.3, -0.25) is 4.79 Å². The molecular formula is C16H17BrF3NO2. The van der Waals surface area contributed by atoms with Crippen LogP contribution in [0.1, 0.15) is 31.4 Å². The Labute approximate surface area is 140 Å². The number of phenols is 1. The summed E-state index contributed by atoms with van der Waals surface area (Å²) in [7, 11) is 0. The number of aromatic hydroxyl groups is 1. The number of fused-ring (bicyclic) bond motifs is 4. The zero-order chi connectivity index (χ0) is 17.2. The molecule has 2 bridgehead atoms. The van der Waals surface area contributed by atoms with E-state index in [1.165, 1.54) is 0 Å². The van der Waals surface area contributed by atoms with Crippen LogP contribution < -0.4 is 0 Å². The number of amides is 1. The van der Waals surface area contributed by atoms with Crippen LogP contribution in [0.4, 0.5) is 13.2 Å². The van der Waals surface area contributed by atoms with Crippen LogP contribution in [-0.4, -0.2) is 34.7 Å². The zero-order valence-corrected chi connectivity index (χ0v) is 14.3. The maximum Gasteiger partial charge on any atom is 0.471 e. The van der Waals surface area contributed by atoms with Gasteiger partial charge >= 0.3 is 12.1 Å². The van der Waals surface area contributed by atoms with E-state index in [1.807, 2.05) is 13.8 Å². The molecule has 7 heteroatoms. The second-order valence-corrected chi connectivity index (χ2v) is 7.54. The molecule has 1 aromatic rings. The van der Waals surface area contributed by atoms with E-state index in [0.717, 1.165) is 16.0 Å². The van der Waals surface area contributed by atoms with Crippen LogP contribution in [0.25, 0.3) is 0 Å². The average molecular weight is 392 g/mol. The van der Waals surface area contributed by atoms with E-state index >= 15 is 0 Å². The fraction of sp³-hybridized carbons (Fsp3) is 0.562. The third-order valence-corrected chi connectivity index (χ3v) is 6.21. The van der Waals surface area contributed by atoms with Gasteiger partial charge in [0, 0.05) is 12.6 Å². The van der Waals surface area contributed by atoms with Crippen molar-refractivity contribution >= 4 is 21.8 Å². The summed E-state index contributed by atoms with van der Waals surface area (Å²) >= 11 is 3.25. The molecule has 0 unspecified atom stereocenters. The first-order valence-electron chi connectivity index (χ1n) is 7.45. The summed E-state index contributed by atoms with van der Waals surface area (Å²) in [6.45, 7) is 3.98. The Hall–Kier alpha value is -1.24. The van der Waals surface area contributed by atoms with Gasteiger partial charge in [-0.25, -0.2) is 0 Å². The number of hydrogen-bond acceptors (Lipinski definition) is 2. The number of phenolic OH excluding ortho intramolecular Hbond substituents is 1. The van der Waals surface area contributed by atoms with Gasteiger partial charge in [0.1, 0.15) is 5.75 Å². The Morgan fingerprint density at radius 3 is 2.70 bits per heavy atom. The van der Waals surface area contributed by atoms with Crippen LogP contribution in [0.5, 0.6) is 5.75 Å². The summed E-state index contributed by atoms with van der Waals surface area (Å²) < 4.78 is 39.1. The quantitative estimate of drug-likeness (QED) is 0.731. The van der Waals surface area contributed by atoms with Crippen molar-refractivity contribution in [2.75, 3.05) is 6.54 Å². The summed E-state index contributed by atoms with van der Waals surface area (Å²) in [5, 5.41) is 9.96. The number of hydrogen-bond donors (Lipinski definition) is 1. The lowest BCUT2D eigenvalue weighted by Gasteiger charge is -2.54. The van der Waals surface area contributed by atoms with Crippen molar-refractivity contribution in [3.63, 3.8) is 0 Å². The van der Waals surface area contributed by atoms with Crippen LogP contribution in [0, 0.1) is 5.92 Å². The second kappa shape index (κ2) is 5.13. The number of carbonyl (C=O) groups excluding carboxylic acids is 1. The highest BCUT2D eigenvalue weighted by Crippen LogP contribution is 2.50. The van der Waals surface area contributed by atoms with E-state index in [2.05, 4.69) is 15.9 Å². The average Bonchev–Trinajstić information content (AvgIpc) is 2.44. The first kappa shape index (κ1) is 16.6. The number of likely N-dealkylation sites (tertiary alicyclic amines) is 1. The summed E-state index contributed by atoms with van der Waals surface area (Å²) in [6, 6.07) is 2.98. The van der Waals surface area contributed by atoms with Crippen LogP contribution in [-0.2, 0) is 16.6 Å². The van der Waals surface area contributed by atoms with E-state index in [4.69, 9.17) is 0 Å². The monoisotopic (exact) mass is 391 g/mol. The Balaban J connectivity index is 2.06. The van der Waals surface area contributed by atoms with Gasteiger partial charge < -0.3 is 10.0 Å². The second-order valence-electron chi connectivity index (χ2n) is 6.68. The van der Waals surface area contributed by atoms with Gasteiger partial charge in [0.2, 0.25) is 0 Å². The highest BCUT2D eigenvalue weighted by Gasteiger charge is 2.54. The third-order valence-electron chi connectivity index (χ3n) is 5.57. The standard InChI is InChI=1S/C16H17BrF3NO2/c1-8-12-6-9-5-11(17)13(22)7-10(9)15(8,2)3-4-21(12)14(23)16(18,19)20/h5,7-8,12,22H,3-4,6H2,1-2H3/t8-,12+,15+/m0/s1. The van der Waals surface area contributed by atoms with E-state index < -0.39 is 18.1 Å². The van der Waals surface area contributed by atoms with Crippen LogP contribution in [0.2, 0.25) is 0 Å². The molecule has 1 aliphatic carbocycles. The van der Waals surface area contributed by atoms with Crippen molar-refractivity contribution in [1.29, 1.82) is 0 Å². The summed E-state index contributed by atoms with van der Waals surface area (Å²) in [6.07, 6.45) is -4.03. The fourth-order valence-electron chi connectivity index (χ4n) is 4.05. The summed E-state index contributed by atoms with van der Waals surface area (Å²) in [5.41, 5.74) is 1.51. The van der Waals surface area contributed by atoms with Crippen molar-refractivity contribution in [3.05, 3.63) is 27.7 Å². The lowest BCUT2D eigenvalue weighted by Crippen LogP contribution is -2.61. The van der Waals surface area contributed by atoms with Crippen molar-refractivity contribution < 1.29 is 23.1 Å². The maximum atomic E-state index is 12.9. The number of piperidine rings is 1. The Kier molecular flexibility index (Phi) is 3.70. The highest BCUT2D eigenvalue weighted by molar-refractivity contribution is 9.10. The molecule has 1 amide bonds. The molecular weight excluding hydrogens is 375 g/mol. The normalized spacial score (nSPS) is 30.1. The van der Waals surface area contributed by atoms with Gasteiger partial charge in [-0.1, -0.05) is 13.8 Å². The number of carbonyl (C=O) groups is 1. The Morgan fingerprint density at radius 1 is 1.43 bits per heavy atom. The SMILES string of the molecule is C[C@H]1[C@H]2Cc3cc(Br)c(O)cc3[C@]1(C)CCN2C(=O)C(F)(F)F. The lowest BCUT2D eigenvalue weighted by molar-refractivity contribution is -0.192. The van der Waals surface area contributed by atoms with Gasteiger partial charge in [-0.15, -0.1) is 0 Å². The minimum atomic E-state index is -4.84. The molecule has 0 spiro atoms. The Morgan fingerprint density at radius 2 is 2.09 bits per heavy atom. The van der Waals surface area contributed by atoms with E-state index in [1.54, 1.807) is 12.1 Å². The van der Waals surface area contributed by atoms with Crippen LogP contribution >= 0.6 is 15.9 Å². The van der Waals surface area contributed by atoms with Crippen molar-refractivity contribution in [3.8, 4) is 5.75 Å². The molecule has 3 rings (SSSR count). The lowest BCUT2D eigenvalue weighted by atomic mass is 9.59. The van der Waals surface area contributed by atoms with Crippen molar-refractivity contribution in [2.24, 2.45) is 5.92 Å². The molecule has 1 saturated heterocycles. The first-order chi connectivity index (χ1) is 10.6. The maximum absolute atomic E-state index is 12.9. The molecule has 126 valence electrons. The molecule has 1 heterocycles. The Bertz CT molecular complexity index is 676. The summed E-state index contributed by atoms with van der Waals surface area (Å²) in [4.78, 5) is 12.7. The van der Waals surface area contributed by atoms with Crippen molar-refractivity contribution in [1.82, 2.24) is 4.90 Å². The molecule has 0 saturated carbocycles. The van der Waals surface area contributed by atoms with Crippen LogP contribution in [0.3, 0.4) is 0 Å². The smallest absolute Gasteiger partial charge is 0.471 e. The highest BCUT2D eigenvalue weighted by atomic mass is 79.9. The van der Waals surface area contributed by atoms with E-state index in [9.17, 15) is 23.1 Å². The molecule has 0 radical (unpaired) electrons. The number of nitrogens with zero attached hydrogens (tertiary/aromatic N) is 1. The number of alkyl halides is 3. The third kappa shape index (κ3) is 2.44. The molecule has 0 aromatic heterocycles. The first-order valence-corrected chi connectivity index (χ1v) is 8.24. The van der Waals surface area contributed by atoms with Gasteiger partial charge in [0.15, 0.2) is 0 Å². The fourth-order valence-corrected chi connectivity index (χ4v) is 4.44. The van der Waals surface area contributed by atoms with Crippen LogP contribution in [0.15, 0.2) is 16.6 Å². The topological polar surface area (TPSA) is 40.5 Å². The molecule has 2 aliphatic rings. The van der Waals surface area contributed by atoms with E-state index in [-0.39, 0.29) is 23.6 Å². The van der Waals surface area contributed by atoms with Crippen molar-refractivity contribution in [2.45, 2.75) is 44.3 Å². The number of rotatable bonds is 0. The molecule has 1 fully saturated rings. The minimum Gasteiger partial charge on any atom is -0.507 e.